The zero-order chi connectivity index (χ0) is 18.0. The van der Waals surface area contributed by atoms with Crippen molar-refractivity contribution < 1.29 is 18.7 Å². The molecule has 132 valence electrons. The highest BCUT2D eigenvalue weighted by Crippen LogP contribution is 2.39. The van der Waals surface area contributed by atoms with Gasteiger partial charge in [-0.05, 0) is 43.9 Å². The molecule has 0 bridgehead atoms. The largest absolute Gasteiger partial charge is 0.454 e. The maximum atomic E-state index is 13.5. The first-order chi connectivity index (χ1) is 12.0. The molecule has 0 aliphatic carbocycles. The minimum Gasteiger partial charge on any atom is -0.454 e. The molecular weight excluding hydrogens is 347 g/mol. The summed E-state index contributed by atoms with van der Waals surface area (Å²) in [6, 6.07) is 9.31. The number of benzene rings is 2. The molecule has 1 heterocycles. The van der Waals surface area contributed by atoms with Gasteiger partial charge in [0.15, 0.2) is 11.5 Å². The fraction of sp³-hybridized carbons (Fsp3) is 0.278. The van der Waals surface area contributed by atoms with E-state index in [0.717, 1.165) is 5.56 Å². The van der Waals surface area contributed by atoms with E-state index in [1.807, 2.05) is 25.1 Å². The normalized spacial score (nSPS) is 13.8. The van der Waals surface area contributed by atoms with Gasteiger partial charge >= 0.3 is 0 Å². The number of nitrogens with one attached hydrogen (secondary N) is 1. The summed E-state index contributed by atoms with van der Waals surface area (Å²) in [6.45, 7) is 0.406. The highest BCUT2D eigenvalue weighted by atomic mass is 35.5. The van der Waals surface area contributed by atoms with Gasteiger partial charge in [-0.15, -0.1) is 0 Å². The maximum Gasteiger partial charge on any atom is 0.251 e. The van der Waals surface area contributed by atoms with Crippen LogP contribution in [-0.4, -0.2) is 38.2 Å². The monoisotopic (exact) mass is 364 g/mol. The zero-order valence-corrected chi connectivity index (χ0v) is 14.6. The van der Waals surface area contributed by atoms with Gasteiger partial charge in [-0.3, -0.25) is 4.79 Å². The molecule has 5 nitrogen and oxygen atoms in total. The van der Waals surface area contributed by atoms with E-state index in [4.69, 9.17) is 21.1 Å². The second kappa shape index (κ2) is 7.29. The van der Waals surface area contributed by atoms with Crippen LogP contribution in [0.25, 0.3) is 0 Å². The van der Waals surface area contributed by atoms with Crippen molar-refractivity contribution in [3.63, 3.8) is 0 Å². The number of nitrogens with zero attached hydrogens (tertiary/aromatic N) is 1. The number of carbonyl (C=O) groups is 1. The van der Waals surface area contributed by atoms with Gasteiger partial charge in [0.05, 0.1) is 11.1 Å². The topological polar surface area (TPSA) is 50.8 Å². The van der Waals surface area contributed by atoms with Crippen LogP contribution in [0.1, 0.15) is 22.0 Å². The average Bonchev–Trinajstić information content (AvgIpc) is 3.03. The maximum absolute atomic E-state index is 13.5. The predicted molar refractivity (Wildman–Crippen MR) is 92.7 cm³/mol. The number of ether oxygens (including phenoxy) is 2. The second-order valence-electron chi connectivity index (χ2n) is 5.94. The number of rotatable bonds is 5. The van der Waals surface area contributed by atoms with Crippen molar-refractivity contribution >= 4 is 17.5 Å². The Kier molecular flexibility index (Phi) is 5.11. The summed E-state index contributed by atoms with van der Waals surface area (Å²) in [5.41, 5.74) is 1.17. The van der Waals surface area contributed by atoms with Crippen molar-refractivity contribution in [1.29, 1.82) is 0 Å². The molecule has 25 heavy (non-hydrogen) atoms. The zero-order valence-electron chi connectivity index (χ0n) is 13.9. The van der Waals surface area contributed by atoms with E-state index in [1.165, 1.54) is 18.2 Å². The average molecular weight is 365 g/mol. The highest BCUT2D eigenvalue weighted by Gasteiger charge is 2.22. The molecule has 7 heteroatoms. The van der Waals surface area contributed by atoms with Gasteiger partial charge in [-0.2, -0.15) is 0 Å². The lowest BCUT2D eigenvalue weighted by molar-refractivity contribution is 0.0941. The van der Waals surface area contributed by atoms with Crippen LogP contribution in [0.15, 0.2) is 36.4 Å². The van der Waals surface area contributed by atoms with Crippen molar-refractivity contribution in [3.05, 3.63) is 58.4 Å². The minimum atomic E-state index is -0.307. The lowest BCUT2D eigenvalue weighted by atomic mass is 10.1. The van der Waals surface area contributed by atoms with Crippen LogP contribution in [0.2, 0.25) is 5.02 Å². The number of amides is 1. The summed E-state index contributed by atoms with van der Waals surface area (Å²) >= 11 is 6.11. The SMILES string of the molecule is CN(C)C(CNC(=O)c1cc(Cl)c2c(c1)OCO2)c1cccc(F)c1. The van der Waals surface area contributed by atoms with Crippen LogP contribution in [-0.2, 0) is 0 Å². The Labute approximate surface area is 150 Å². The van der Waals surface area contributed by atoms with Gasteiger partial charge in [-0.1, -0.05) is 23.7 Å². The molecule has 1 unspecified atom stereocenters. The fourth-order valence-corrected chi connectivity index (χ4v) is 2.97. The second-order valence-corrected chi connectivity index (χ2v) is 6.34. The van der Waals surface area contributed by atoms with E-state index >= 15 is 0 Å². The Bertz CT molecular complexity index is 798. The molecule has 0 saturated carbocycles. The lowest BCUT2D eigenvalue weighted by Gasteiger charge is -2.25. The lowest BCUT2D eigenvalue weighted by Crippen LogP contribution is -2.34. The summed E-state index contributed by atoms with van der Waals surface area (Å²) < 4.78 is 24.0. The van der Waals surface area contributed by atoms with Gasteiger partial charge in [0, 0.05) is 12.1 Å². The minimum absolute atomic E-state index is 0.0857. The van der Waals surface area contributed by atoms with Crippen molar-refractivity contribution in [2.24, 2.45) is 0 Å². The highest BCUT2D eigenvalue weighted by molar-refractivity contribution is 6.32. The van der Waals surface area contributed by atoms with Crippen LogP contribution < -0.4 is 14.8 Å². The quantitative estimate of drug-likeness (QED) is 0.885. The smallest absolute Gasteiger partial charge is 0.251 e. The van der Waals surface area contributed by atoms with E-state index in [9.17, 15) is 9.18 Å². The third kappa shape index (κ3) is 3.86. The molecule has 3 rings (SSSR count). The molecule has 2 aromatic carbocycles. The van der Waals surface area contributed by atoms with Crippen molar-refractivity contribution in [2.45, 2.75) is 6.04 Å². The molecule has 0 saturated heterocycles. The summed E-state index contributed by atoms with van der Waals surface area (Å²) in [6.07, 6.45) is 0. The molecule has 1 aliphatic heterocycles. The van der Waals surface area contributed by atoms with Gasteiger partial charge in [-0.25, -0.2) is 4.39 Å². The van der Waals surface area contributed by atoms with Crippen molar-refractivity contribution in [2.75, 3.05) is 27.4 Å². The van der Waals surface area contributed by atoms with Crippen molar-refractivity contribution in [1.82, 2.24) is 10.2 Å². The number of carbonyl (C=O) groups excluding carboxylic acids is 1. The van der Waals surface area contributed by atoms with Crippen LogP contribution in [0.5, 0.6) is 11.5 Å². The number of halogens is 2. The van der Waals surface area contributed by atoms with Gasteiger partial charge < -0.3 is 19.7 Å². The van der Waals surface area contributed by atoms with Crippen LogP contribution in [0, 0.1) is 5.82 Å². The Balaban J connectivity index is 1.73. The number of likely N-dealkylation sites (N-methyl/N-ethyl adjacent to an activating group) is 1. The fourth-order valence-electron chi connectivity index (χ4n) is 2.70. The van der Waals surface area contributed by atoms with E-state index in [2.05, 4.69) is 5.32 Å². The Morgan fingerprint density at radius 3 is 2.84 bits per heavy atom. The first-order valence-electron chi connectivity index (χ1n) is 7.75. The molecule has 1 atom stereocenters. The number of hydrogen-bond donors (Lipinski definition) is 1. The first-order valence-corrected chi connectivity index (χ1v) is 8.12. The van der Waals surface area contributed by atoms with Crippen LogP contribution in [0.4, 0.5) is 4.39 Å². The van der Waals surface area contributed by atoms with Crippen LogP contribution >= 0.6 is 11.6 Å². The predicted octanol–water partition coefficient (Wildman–Crippen LogP) is 3.24. The van der Waals surface area contributed by atoms with Crippen molar-refractivity contribution in [3.8, 4) is 11.5 Å². The first kappa shape index (κ1) is 17.5. The molecule has 2 aromatic rings. The summed E-state index contributed by atoms with van der Waals surface area (Å²) in [7, 11) is 3.75. The van der Waals surface area contributed by atoms with E-state index in [1.54, 1.807) is 12.1 Å². The Morgan fingerprint density at radius 1 is 1.32 bits per heavy atom. The Hall–Kier alpha value is -2.31. The summed E-state index contributed by atoms with van der Waals surface area (Å²) in [5.74, 6) is 0.303. The third-order valence-corrected chi connectivity index (χ3v) is 4.28. The molecule has 0 radical (unpaired) electrons. The molecular formula is C18H18ClFN2O3. The molecule has 1 aliphatic rings. The van der Waals surface area contributed by atoms with Gasteiger partial charge in [0.2, 0.25) is 6.79 Å². The van der Waals surface area contributed by atoms with E-state index in [0.29, 0.717) is 28.6 Å². The standard InChI is InChI=1S/C18H18ClFN2O3/c1-22(2)15(11-4-3-5-13(20)6-11)9-21-18(23)12-7-14(19)17-16(8-12)24-10-25-17/h3-8,15H,9-10H2,1-2H3,(H,21,23). The summed E-state index contributed by atoms with van der Waals surface area (Å²) in [5, 5.41) is 3.19. The molecule has 0 fully saturated rings. The number of hydrogen-bond acceptors (Lipinski definition) is 4. The van der Waals surface area contributed by atoms with Crippen LogP contribution in [0.3, 0.4) is 0 Å². The molecule has 1 N–H and O–H groups in total. The van der Waals surface area contributed by atoms with Gasteiger partial charge in [0.25, 0.3) is 5.91 Å². The molecule has 1 amide bonds. The summed E-state index contributed by atoms with van der Waals surface area (Å²) in [4.78, 5) is 14.4. The third-order valence-electron chi connectivity index (χ3n) is 4.00. The Morgan fingerprint density at radius 2 is 2.12 bits per heavy atom. The molecule has 0 spiro atoms. The molecule has 0 aromatic heterocycles. The van der Waals surface area contributed by atoms with E-state index < -0.39 is 0 Å². The number of fused-ring (bicyclic) bond motifs is 1. The van der Waals surface area contributed by atoms with E-state index in [-0.39, 0.29) is 24.6 Å². The van der Waals surface area contributed by atoms with Gasteiger partial charge in [0.1, 0.15) is 5.82 Å².